The first-order valence-corrected chi connectivity index (χ1v) is 6.61. The Labute approximate surface area is 122 Å². The molecular formula is C15H19F2NO3. The van der Waals surface area contributed by atoms with E-state index in [0.29, 0.717) is 0 Å². The van der Waals surface area contributed by atoms with Gasteiger partial charge < -0.3 is 10.4 Å². The minimum absolute atomic E-state index is 0.112. The lowest BCUT2D eigenvalue weighted by Crippen LogP contribution is -2.39. The number of carbonyl (C=O) groups excluding carboxylic acids is 1. The molecule has 4 nitrogen and oxygen atoms in total. The number of nitrogens with one attached hydrogen (secondary N) is 1. The molecule has 6 heteroatoms. The van der Waals surface area contributed by atoms with Crippen molar-refractivity contribution >= 4 is 11.9 Å². The number of halogens is 2. The molecule has 0 aliphatic carbocycles. The van der Waals surface area contributed by atoms with E-state index in [1.807, 2.05) is 0 Å². The third-order valence-corrected chi connectivity index (χ3v) is 3.78. The number of carboxylic acid groups (broad SMARTS) is 1. The smallest absolute Gasteiger partial charge is 0.310 e. The molecule has 1 aromatic carbocycles. The Morgan fingerprint density at radius 2 is 1.95 bits per heavy atom. The monoisotopic (exact) mass is 299 g/mol. The fourth-order valence-electron chi connectivity index (χ4n) is 1.78. The molecule has 0 saturated carbocycles. The number of hydrogen-bond acceptors (Lipinski definition) is 2. The summed E-state index contributed by atoms with van der Waals surface area (Å²) in [5.74, 6) is -3.22. The predicted octanol–water partition coefficient (Wildman–Crippen LogP) is 2.72. The van der Waals surface area contributed by atoms with E-state index in [2.05, 4.69) is 5.32 Å². The van der Waals surface area contributed by atoms with Crippen molar-refractivity contribution in [1.82, 2.24) is 5.32 Å². The fraction of sp³-hybridized carbons (Fsp3) is 0.467. The summed E-state index contributed by atoms with van der Waals surface area (Å²) >= 11 is 0. The van der Waals surface area contributed by atoms with Crippen LogP contribution in [0, 0.1) is 23.0 Å². The average Bonchev–Trinajstić information content (AvgIpc) is 2.37. The van der Waals surface area contributed by atoms with Gasteiger partial charge in [-0.05, 0) is 18.9 Å². The maximum Gasteiger partial charge on any atom is 0.310 e. The minimum atomic E-state index is -1.19. The van der Waals surface area contributed by atoms with Gasteiger partial charge in [0, 0.05) is 24.6 Å². The number of aliphatic carboxylic acids is 1. The molecular weight excluding hydrogens is 280 g/mol. The molecule has 0 saturated heterocycles. The van der Waals surface area contributed by atoms with Crippen molar-refractivity contribution in [2.75, 3.05) is 0 Å². The number of benzene rings is 1. The molecule has 0 fully saturated rings. The summed E-state index contributed by atoms with van der Waals surface area (Å²) < 4.78 is 26.2. The highest BCUT2D eigenvalue weighted by Crippen LogP contribution is 2.31. The SMILES string of the molecule is CC(C)C(C)(CC(=O)NCc1ccc(F)cc1F)C(=O)O. The summed E-state index contributed by atoms with van der Waals surface area (Å²) in [7, 11) is 0. The highest BCUT2D eigenvalue weighted by molar-refractivity contribution is 5.84. The number of carboxylic acids is 1. The van der Waals surface area contributed by atoms with E-state index >= 15 is 0 Å². The van der Waals surface area contributed by atoms with E-state index < -0.39 is 28.9 Å². The normalized spacial score (nSPS) is 13.8. The van der Waals surface area contributed by atoms with E-state index in [0.717, 1.165) is 12.1 Å². The van der Waals surface area contributed by atoms with Crippen LogP contribution in [-0.2, 0) is 16.1 Å². The Morgan fingerprint density at radius 3 is 2.43 bits per heavy atom. The van der Waals surface area contributed by atoms with Crippen LogP contribution in [0.5, 0.6) is 0 Å². The van der Waals surface area contributed by atoms with Crippen LogP contribution >= 0.6 is 0 Å². The third kappa shape index (κ3) is 4.24. The van der Waals surface area contributed by atoms with E-state index in [9.17, 15) is 23.5 Å². The summed E-state index contributed by atoms with van der Waals surface area (Å²) in [4.78, 5) is 23.1. The molecule has 21 heavy (non-hydrogen) atoms. The van der Waals surface area contributed by atoms with Gasteiger partial charge >= 0.3 is 5.97 Å². The predicted molar refractivity (Wildman–Crippen MR) is 73.4 cm³/mol. The summed E-state index contributed by atoms with van der Waals surface area (Å²) in [5, 5.41) is 11.7. The number of carbonyl (C=O) groups is 2. The van der Waals surface area contributed by atoms with Crippen molar-refractivity contribution in [1.29, 1.82) is 0 Å². The van der Waals surface area contributed by atoms with Crippen LogP contribution in [-0.4, -0.2) is 17.0 Å². The van der Waals surface area contributed by atoms with Crippen molar-refractivity contribution < 1.29 is 23.5 Å². The van der Waals surface area contributed by atoms with Crippen molar-refractivity contribution in [2.45, 2.75) is 33.7 Å². The van der Waals surface area contributed by atoms with Crippen LogP contribution < -0.4 is 5.32 Å². The van der Waals surface area contributed by atoms with Crippen LogP contribution in [0.4, 0.5) is 8.78 Å². The highest BCUT2D eigenvalue weighted by Gasteiger charge is 2.38. The first-order valence-electron chi connectivity index (χ1n) is 6.61. The largest absolute Gasteiger partial charge is 0.481 e. The summed E-state index contributed by atoms with van der Waals surface area (Å²) in [6.07, 6.45) is -0.206. The lowest BCUT2D eigenvalue weighted by atomic mass is 9.76. The molecule has 0 bridgehead atoms. The first-order chi connectivity index (χ1) is 9.66. The Morgan fingerprint density at radius 1 is 1.33 bits per heavy atom. The number of hydrogen-bond donors (Lipinski definition) is 2. The van der Waals surface area contributed by atoms with Gasteiger partial charge in [-0.3, -0.25) is 9.59 Å². The Balaban J connectivity index is 2.68. The zero-order valence-electron chi connectivity index (χ0n) is 12.2. The van der Waals surface area contributed by atoms with Gasteiger partial charge in [0.05, 0.1) is 5.41 Å². The second-order valence-corrected chi connectivity index (χ2v) is 5.57. The molecule has 0 radical (unpaired) electrons. The van der Waals surface area contributed by atoms with Gasteiger partial charge in [0.15, 0.2) is 0 Å². The molecule has 1 atom stereocenters. The molecule has 116 valence electrons. The fourth-order valence-corrected chi connectivity index (χ4v) is 1.78. The summed E-state index contributed by atoms with van der Waals surface area (Å²) in [6.45, 7) is 4.83. The van der Waals surface area contributed by atoms with E-state index in [1.54, 1.807) is 13.8 Å². The standard InChI is InChI=1S/C15H19F2NO3/c1-9(2)15(3,14(20)21)7-13(19)18-8-10-4-5-11(16)6-12(10)17/h4-6,9H,7-8H2,1-3H3,(H,18,19)(H,20,21). The van der Waals surface area contributed by atoms with Gasteiger partial charge in [0.1, 0.15) is 11.6 Å². The lowest BCUT2D eigenvalue weighted by Gasteiger charge is -2.28. The lowest BCUT2D eigenvalue weighted by molar-refractivity contribution is -0.153. The molecule has 0 spiro atoms. The van der Waals surface area contributed by atoms with Gasteiger partial charge in [-0.1, -0.05) is 19.9 Å². The van der Waals surface area contributed by atoms with Crippen LogP contribution in [0.25, 0.3) is 0 Å². The van der Waals surface area contributed by atoms with Gasteiger partial charge in [-0.2, -0.15) is 0 Å². The van der Waals surface area contributed by atoms with Crippen molar-refractivity contribution in [2.24, 2.45) is 11.3 Å². The van der Waals surface area contributed by atoms with Crippen LogP contribution in [0.2, 0.25) is 0 Å². The van der Waals surface area contributed by atoms with Crippen LogP contribution in [0.1, 0.15) is 32.8 Å². The quantitative estimate of drug-likeness (QED) is 0.848. The Bertz CT molecular complexity index is 546. The van der Waals surface area contributed by atoms with Crippen LogP contribution in [0.15, 0.2) is 18.2 Å². The molecule has 1 rings (SSSR count). The summed E-state index contributed by atoms with van der Waals surface area (Å²) in [5.41, 5.74) is -1.04. The van der Waals surface area contributed by atoms with E-state index in [4.69, 9.17) is 0 Å². The molecule has 1 aromatic rings. The zero-order chi connectivity index (χ0) is 16.2. The van der Waals surface area contributed by atoms with Crippen LogP contribution in [0.3, 0.4) is 0 Å². The maximum absolute atomic E-state index is 13.4. The first kappa shape index (κ1) is 17.1. The highest BCUT2D eigenvalue weighted by atomic mass is 19.1. The number of amides is 1. The Hall–Kier alpha value is -1.98. The Kier molecular flexibility index (Phi) is 5.41. The molecule has 0 heterocycles. The molecule has 2 N–H and O–H groups in total. The van der Waals surface area contributed by atoms with Gasteiger partial charge in [-0.15, -0.1) is 0 Å². The van der Waals surface area contributed by atoms with Gasteiger partial charge in [-0.25, -0.2) is 8.78 Å². The molecule has 0 aromatic heterocycles. The van der Waals surface area contributed by atoms with E-state index in [1.165, 1.54) is 13.0 Å². The van der Waals surface area contributed by atoms with Crippen molar-refractivity contribution in [3.63, 3.8) is 0 Å². The topological polar surface area (TPSA) is 66.4 Å². The minimum Gasteiger partial charge on any atom is -0.481 e. The van der Waals surface area contributed by atoms with E-state index in [-0.39, 0.29) is 24.4 Å². The van der Waals surface area contributed by atoms with Gasteiger partial charge in [0.25, 0.3) is 0 Å². The summed E-state index contributed by atoms with van der Waals surface area (Å²) in [6, 6.07) is 3.07. The molecule has 1 unspecified atom stereocenters. The van der Waals surface area contributed by atoms with Crippen molar-refractivity contribution in [3.05, 3.63) is 35.4 Å². The molecule has 0 aliphatic heterocycles. The molecule has 1 amide bonds. The van der Waals surface area contributed by atoms with Crippen molar-refractivity contribution in [3.8, 4) is 0 Å². The second kappa shape index (κ2) is 6.65. The maximum atomic E-state index is 13.4. The second-order valence-electron chi connectivity index (χ2n) is 5.57. The zero-order valence-corrected chi connectivity index (χ0v) is 12.2. The number of rotatable bonds is 6. The molecule has 0 aliphatic rings. The van der Waals surface area contributed by atoms with Gasteiger partial charge in [0.2, 0.25) is 5.91 Å². The third-order valence-electron chi connectivity index (χ3n) is 3.78. The average molecular weight is 299 g/mol.